The first kappa shape index (κ1) is 13.8. The van der Waals surface area contributed by atoms with E-state index in [1.807, 2.05) is 18.2 Å². The molecule has 0 radical (unpaired) electrons. The van der Waals surface area contributed by atoms with E-state index in [2.05, 4.69) is 21.2 Å². The Morgan fingerprint density at radius 3 is 2.81 bits per heavy atom. The SMILES string of the molecule is COCCOCCNc1ccc(Cl)cc1Br. The molecule has 1 N–H and O–H groups in total. The van der Waals surface area contributed by atoms with Gasteiger partial charge in [0.1, 0.15) is 0 Å². The Labute approximate surface area is 109 Å². The number of methoxy groups -OCH3 is 1. The molecule has 1 rings (SSSR count). The van der Waals surface area contributed by atoms with Crippen molar-refractivity contribution in [3.05, 3.63) is 27.7 Å². The van der Waals surface area contributed by atoms with E-state index in [0.29, 0.717) is 24.8 Å². The highest BCUT2D eigenvalue weighted by molar-refractivity contribution is 9.10. The van der Waals surface area contributed by atoms with Crippen LogP contribution < -0.4 is 5.32 Å². The molecule has 5 heteroatoms. The molecule has 0 amide bonds. The van der Waals surface area contributed by atoms with Crippen molar-refractivity contribution in [2.45, 2.75) is 0 Å². The number of benzene rings is 1. The highest BCUT2D eigenvalue weighted by Gasteiger charge is 1.99. The fourth-order valence-corrected chi connectivity index (χ4v) is 1.96. The summed E-state index contributed by atoms with van der Waals surface area (Å²) in [6.45, 7) is 2.66. The van der Waals surface area contributed by atoms with Gasteiger partial charge in [-0.05, 0) is 34.1 Å². The van der Waals surface area contributed by atoms with Crippen LogP contribution in [0.2, 0.25) is 5.02 Å². The topological polar surface area (TPSA) is 30.5 Å². The Kier molecular flexibility index (Phi) is 6.80. The van der Waals surface area contributed by atoms with Crippen LogP contribution in [0.4, 0.5) is 5.69 Å². The smallest absolute Gasteiger partial charge is 0.0701 e. The van der Waals surface area contributed by atoms with Gasteiger partial charge in [-0.2, -0.15) is 0 Å². The Bertz CT molecular complexity index is 323. The molecule has 0 fully saturated rings. The van der Waals surface area contributed by atoms with E-state index >= 15 is 0 Å². The van der Waals surface area contributed by atoms with E-state index in [4.69, 9.17) is 21.1 Å². The average Bonchev–Trinajstić information content (AvgIpc) is 2.26. The van der Waals surface area contributed by atoms with Gasteiger partial charge in [-0.3, -0.25) is 0 Å². The molecule has 0 saturated heterocycles. The lowest BCUT2D eigenvalue weighted by atomic mass is 10.3. The molecule has 0 unspecified atom stereocenters. The molecule has 0 aliphatic rings. The normalized spacial score (nSPS) is 10.4. The fraction of sp³-hybridized carbons (Fsp3) is 0.455. The monoisotopic (exact) mass is 307 g/mol. The van der Waals surface area contributed by atoms with Crippen LogP contribution in [-0.2, 0) is 9.47 Å². The van der Waals surface area contributed by atoms with Crippen LogP contribution in [0, 0.1) is 0 Å². The number of hydrogen-bond donors (Lipinski definition) is 1. The Hall–Kier alpha value is -0.290. The largest absolute Gasteiger partial charge is 0.382 e. The number of rotatable bonds is 7. The first-order chi connectivity index (χ1) is 7.74. The van der Waals surface area contributed by atoms with Gasteiger partial charge in [-0.1, -0.05) is 11.6 Å². The van der Waals surface area contributed by atoms with Crippen molar-refractivity contribution in [1.29, 1.82) is 0 Å². The maximum absolute atomic E-state index is 5.84. The lowest BCUT2D eigenvalue weighted by Crippen LogP contribution is -2.12. The summed E-state index contributed by atoms with van der Waals surface area (Å²) in [4.78, 5) is 0. The number of hydrogen-bond acceptors (Lipinski definition) is 3. The number of halogens is 2. The Morgan fingerprint density at radius 2 is 2.12 bits per heavy atom. The average molecular weight is 309 g/mol. The highest BCUT2D eigenvalue weighted by Crippen LogP contribution is 2.25. The second-order valence-corrected chi connectivity index (χ2v) is 4.45. The molecular formula is C11H15BrClNO2. The first-order valence-electron chi connectivity index (χ1n) is 4.99. The Balaban J connectivity index is 2.21. The van der Waals surface area contributed by atoms with Gasteiger partial charge < -0.3 is 14.8 Å². The maximum Gasteiger partial charge on any atom is 0.0701 e. The minimum Gasteiger partial charge on any atom is -0.382 e. The van der Waals surface area contributed by atoms with Crippen molar-refractivity contribution in [2.24, 2.45) is 0 Å². The molecule has 0 spiro atoms. The standard InChI is InChI=1S/C11H15BrClNO2/c1-15-6-7-16-5-4-14-11-3-2-9(13)8-10(11)12/h2-3,8,14H,4-7H2,1H3. The number of nitrogens with one attached hydrogen (secondary N) is 1. The molecule has 0 aromatic heterocycles. The summed E-state index contributed by atoms with van der Waals surface area (Å²) < 4.78 is 11.2. The van der Waals surface area contributed by atoms with E-state index in [0.717, 1.165) is 16.7 Å². The van der Waals surface area contributed by atoms with Crippen LogP contribution in [0.25, 0.3) is 0 Å². The lowest BCUT2D eigenvalue weighted by molar-refractivity contribution is 0.0759. The van der Waals surface area contributed by atoms with Gasteiger partial charge in [0.15, 0.2) is 0 Å². The van der Waals surface area contributed by atoms with Crippen molar-refractivity contribution < 1.29 is 9.47 Å². The van der Waals surface area contributed by atoms with Crippen LogP contribution in [0.1, 0.15) is 0 Å². The van der Waals surface area contributed by atoms with Crippen LogP contribution in [-0.4, -0.2) is 33.5 Å². The molecule has 0 aliphatic carbocycles. The molecule has 3 nitrogen and oxygen atoms in total. The minimum absolute atomic E-state index is 0.625. The second kappa shape index (κ2) is 7.90. The van der Waals surface area contributed by atoms with Crippen LogP contribution in [0.5, 0.6) is 0 Å². The predicted molar refractivity (Wildman–Crippen MR) is 70.3 cm³/mol. The van der Waals surface area contributed by atoms with E-state index in [9.17, 15) is 0 Å². The van der Waals surface area contributed by atoms with Crippen LogP contribution in [0.3, 0.4) is 0 Å². The summed E-state index contributed by atoms with van der Waals surface area (Å²) in [6.07, 6.45) is 0. The molecule has 0 bridgehead atoms. The Morgan fingerprint density at radius 1 is 1.31 bits per heavy atom. The van der Waals surface area contributed by atoms with Crippen molar-refractivity contribution >= 4 is 33.2 Å². The van der Waals surface area contributed by atoms with E-state index in [1.165, 1.54) is 0 Å². The number of ether oxygens (including phenoxy) is 2. The summed E-state index contributed by atoms with van der Waals surface area (Å²) in [7, 11) is 1.66. The quantitative estimate of drug-likeness (QED) is 0.785. The summed E-state index contributed by atoms with van der Waals surface area (Å²) >= 11 is 9.27. The third-order valence-corrected chi connectivity index (χ3v) is 2.82. The molecule has 0 saturated carbocycles. The molecular weight excluding hydrogens is 293 g/mol. The van der Waals surface area contributed by atoms with E-state index < -0.39 is 0 Å². The number of anilines is 1. The first-order valence-corrected chi connectivity index (χ1v) is 6.16. The fourth-order valence-electron chi connectivity index (χ4n) is 1.14. The second-order valence-electron chi connectivity index (χ2n) is 3.16. The third-order valence-electron chi connectivity index (χ3n) is 1.92. The zero-order valence-corrected chi connectivity index (χ0v) is 11.5. The van der Waals surface area contributed by atoms with Gasteiger partial charge in [0, 0.05) is 28.8 Å². The van der Waals surface area contributed by atoms with Gasteiger partial charge in [0.25, 0.3) is 0 Å². The van der Waals surface area contributed by atoms with Gasteiger partial charge in [-0.25, -0.2) is 0 Å². The summed E-state index contributed by atoms with van der Waals surface area (Å²) in [5.41, 5.74) is 1.01. The zero-order valence-electron chi connectivity index (χ0n) is 9.13. The van der Waals surface area contributed by atoms with Crippen molar-refractivity contribution in [3.8, 4) is 0 Å². The van der Waals surface area contributed by atoms with E-state index in [-0.39, 0.29) is 0 Å². The van der Waals surface area contributed by atoms with Crippen LogP contribution >= 0.6 is 27.5 Å². The van der Waals surface area contributed by atoms with E-state index in [1.54, 1.807) is 7.11 Å². The molecule has 16 heavy (non-hydrogen) atoms. The lowest BCUT2D eigenvalue weighted by Gasteiger charge is -2.09. The van der Waals surface area contributed by atoms with Crippen molar-refractivity contribution in [1.82, 2.24) is 0 Å². The molecule has 0 atom stereocenters. The van der Waals surface area contributed by atoms with Crippen molar-refractivity contribution in [3.63, 3.8) is 0 Å². The molecule has 90 valence electrons. The predicted octanol–water partition coefficient (Wildman–Crippen LogP) is 3.18. The summed E-state index contributed by atoms with van der Waals surface area (Å²) in [5.74, 6) is 0. The van der Waals surface area contributed by atoms with Gasteiger partial charge in [-0.15, -0.1) is 0 Å². The third kappa shape index (κ3) is 5.16. The highest BCUT2D eigenvalue weighted by atomic mass is 79.9. The molecule has 1 aromatic carbocycles. The molecule has 1 aromatic rings. The van der Waals surface area contributed by atoms with Gasteiger partial charge in [0.2, 0.25) is 0 Å². The minimum atomic E-state index is 0.625. The van der Waals surface area contributed by atoms with Gasteiger partial charge in [0.05, 0.1) is 19.8 Å². The van der Waals surface area contributed by atoms with Gasteiger partial charge >= 0.3 is 0 Å². The summed E-state index contributed by atoms with van der Waals surface area (Å²) in [6, 6.07) is 5.64. The van der Waals surface area contributed by atoms with Crippen molar-refractivity contribution in [2.75, 3.05) is 38.8 Å². The maximum atomic E-state index is 5.84. The molecule has 0 aliphatic heterocycles. The zero-order chi connectivity index (χ0) is 11.8. The van der Waals surface area contributed by atoms with Crippen LogP contribution in [0.15, 0.2) is 22.7 Å². The summed E-state index contributed by atoms with van der Waals surface area (Å²) in [5, 5.41) is 3.96. The molecule has 0 heterocycles.